The third kappa shape index (κ3) is 4.91. The van der Waals surface area contributed by atoms with E-state index >= 15 is 0 Å². The molecule has 2 N–H and O–H groups in total. The fourth-order valence-corrected chi connectivity index (χ4v) is 2.44. The van der Waals surface area contributed by atoms with E-state index in [4.69, 9.17) is 4.74 Å². The molecule has 5 nitrogen and oxygen atoms in total. The molecule has 0 heterocycles. The van der Waals surface area contributed by atoms with Crippen LogP contribution in [0, 0.1) is 0 Å². The van der Waals surface area contributed by atoms with Crippen LogP contribution in [0.2, 0.25) is 0 Å². The van der Waals surface area contributed by atoms with E-state index in [0.29, 0.717) is 11.5 Å². The number of aliphatic hydroxyl groups excluding tert-OH is 1. The van der Waals surface area contributed by atoms with Gasteiger partial charge in [0, 0.05) is 19.4 Å². The standard InChI is InChI=1S/C13H21NO4S/c1-10(14-12(8-15)9-18-2)11-4-6-13(7-5-11)19(3,16)17/h4-7,10,12,14-15H,8-9H2,1-3H3. The van der Waals surface area contributed by atoms with Gasteiger partial charge in [-0.05, 0) is 24.6 Å². The zero-order chi connectivity index (χ0) is 14.5. The van der Waals surface area contributed by atoms with Gasteiger partial charge in [-0.1, -0.05) is 12.1 Å². The van der Waals surface area contributed by atoms with Gasteiger partial charge in [-0.2, -0.15) is 0 Å². The molecule has 0 aromatic heterocycles. The summed E-state index contributed by atoms with van der Waals surface area (Å²) in [5.74, 6) is 0. The maximum absolute atomic E-state index is 11.4. The van der Waals surface area contributed by atoms with Gasteiger partial charge in [-0.3, -0.25) is 0 Å². The number of benzene rings is 1. The maximum Gasteiger partial charge on any atom is 0.175 e. The van der Waals surface area contributed by atoms with E-state index in [1.54, 1.807) is 31.4 Å². The van der Waals surface area contributed by atoms with Crippen molar-refractivity contribution in [3.05, 3.63) is 29.8 Å². The highest BCUT2D eigenvalue weighted by molar-refractivity contribution is 7.90. The predicted octanol–water partition coefficient (Wildman–Crippen LogP) is 0.748. The SMILES string of the molecule is COCC(CO)NC(C)c1ccc(S(C)(=O)=O)cc1. The number of hydrogen-bond donors (Lipinski definition) is 2. The number of sulfone groups is 1. The van der Waals surface area contributed by atoms with E-state index < -0.39 is 9.84 Å². The molecule has 1 rings (SSSR count). The van der Waals surface area contributed by atoms with E-state index in [1.807, 2.05) is 6.92 Å². The summed E-state index contributed by atoms with van der Waals surface area (Å²) < 4.78 is 27.7. The van der Waals surface area contributed by atoms with Crippen LogP contribution in [0.5, 0.6) is 0 Å². The van der Waals surface area contributed by atoms with Crippen LogP contribution in [0.25, 0.3) is 0 Å². The third-order valence-electron chi connectivity index (χ3n) is 2.88. The van der Waals surface area contributed by atoms with Crippen molar-refractivity contribution >= 4 is 9.84 Å². The first kappa shape index (κ1) is 16.1. The smallest absolute Gasteiger partial charge is 0.175 e. The summed E-state index contributed by atoms with van der Waals surface area (Å²) in [5, 5.41) is 12.4. The van der Waals surface area contributed by atoms with Crippen molar-refractivity contribution in [2.75, 3.05) is 26.6 Å². The Kier molecular flexibility index (Phi) is 5.93. The first-order valence-electron chi connectivity index (χ1n) is 6.04. The fraction of sp³-hybridized carbons (Fsp3) is 0.538. The molecule has 6 heteroatoms. The fourth-order valence-electron chi connectivity index (χ4n) is 1.81. The van der Waals surface area contributed by atoms with Crippen molar-refractivity contribution in [3.8, 4) is 0 Å². The number of methoxy groups -OCH3 is 1. The van der Waals surface area contributed by atoms with Crippen molar-refractivity contribution in [2.24, 2.45) is 0 Å². The molecule has 2 atom stereocenters. The van der Waals surface area contributed by atoms with E-state index in [1.165, 1.54) is 6.26 Å². The molecule has 108 valence electrons. The van der Waals surface area contributed by atoms with E-state index in [9.17, 15) is 13.5 Å². The highest BCUT2D eigenvalue weighted by atomic mass is 32.2. The van der Waals surface area contributed by atoms with Gasteiger partial charge in [0.05, 0.1) is 24.2 Å². The van der Waals surface area contributed by atoms with Gasteiger partial charge in [0.15, 0.2) is 9.84 Å². The van der Waals surface area contributed by atoms with Crippen molar-refractivity contribution in [1.29, 1.82) is 0 Å². The van der Waals surface area contributed by atoms with Crippen LogP contribution in [-0.4, -0.2) is 46.1 Å². The first-order valence-corrected chi connectivity index (χ1v) is 7.93. The molecule has 0 amide bonds. The van der Waals surface area contributed by atoms with E-state index in [-0.39, 0.29) is 18.7 Å². The Bertz CT molecular complexity index is 484. The van der Waals surface area contributed by atoms with Crippen LogP contribution in [0.4, 0.5) is 0 Å². The van der Waals surface area contributed by atoms with Gasteiger partial charge < -0.3 is 15.2 Å². The Balaban J connectivity index is 2.75. The van der Waals surface area contributed by atoms with E-state index in [0.717, 1.165) is 5.56 Å². The van der Waals surface area contributed by atoms with Crippen LogP contribution in [-0.2, 0) is 14.6 Å². The molecule has 0 aliphatic heterocycles. The predicted molar refractivity (Wildman–Crippen MR) is 73.9 cm³/mol. The molecule has 0 aliphatic rings. The highest BCUT2D eigenvalue weighted by Crippen LogP contribution is 2.16. The summed E-state index contributed by atoms with van der Waals surface area (Å²) in [4.78, 5) is 0.305. The van der Waals surface area contributed by atoms with Crippen molar-refractivity contribution in [3.63, 3.8) is 0 Å². The zero-order valence-corrected chi connectivity index (χ0v) is 12.3. The third-order valence-corrected chi connectivity index (χ3v) is 4.01. The lowest BCUT2D eigenvalue weighted by molar-refractivity contribution is 0.123. The summed E-state index contributed by atoms with van der Waals surface area (Å²) in [6.07, 6.45) is 1.18. The molecule has 19 heavy (non-hydrogen) atoms. The van der Waals surface area contributed by atoms with Crippen LogP contribution >= 0.6 is 0 Å². The minimum absolute atomic E-state index is 0.000843. The van der Waals surface area contributed by atoms with Gasteiger partial charge in [0.2, 0.25) is 0 Å². The number of ether oxygens (including phenoxy) is 1. The number of rotatable bonds is 7. The molecule has 0 saturated heterocycles. The Morgan fingerprint density at radius 1 is 1.32 bits per heavy atom. The first-order chi connectivity index (χ1) is 8.88. The Labute approximate surface area is 114 Å². The normalized spacial score (nSPS) is 15.2. The quantitative estimate of drug-likeness (QED) is 0.774. The van der Waals surface area contributed by atoms with Crippen molar-refractivity contribution < 1.29 is 18.3 Å². The van der Waals surface area contributed by atoms with Crippen LogP contribution in [0.1, 0.15) is 18.5 Å². The summed E-state index contributed by atoms with van der Waals surface area (Å²) in [6.45, 7) is 2.36. The Morgan fingerprint density at radius 2 is 1.89 bits per heavy atom. The zero-order valence-electron chi connectivity index (χ0n) is 11.5. The molecule has 0 aliphatic carbocycles. The molecule has 0 bridgehead atoms. The van der Waals surface area contributed by atoms with Crippen LogP contribution in [0.3, 0.4) is 0 Å². The lowest BCUT2D eigenvalue weighted by Crippen LogP contribution is -2.38. The van der Waals surface area contributed by atoms with Crippen LogP contribution < -0.4 is 5.32 Å². The van der Waals surface area contributed by atoms with E-state index in [2.05, 4.69) is 5.32 Å². The van der Waals surface area contributed by atoms with Gasteiger partial charge in [-0.15, -0.1) is 0 Å². The van der Waals surface area contributed by atoms with Gasteiger partial charge in [0.1, 0.15) is 0 Å². The Morgan fingerprint density at radius 3 is 2.32 bits per heavy atom. The second kappa shape index (κ2) is 7.00. The Hall–Kier alpha value is -0.950. The molecule has 0 spiro atoms. The molecule has 2 unspecified atom stereocenters. The molecular formula is C13H21NO4S. The average molecular weight is 287 g/mol. The van der Waals surface area contributed by atoms with Gasteiger partial charge >= 0.3 is 0 Å². The lowest BCUT2D eigenvalue weighted by Gasteiger charge is -2.21. The van der Waals surface area contributed by atoms with Gasteiger partial charge in [0.25, 0.3) is 0 Å². The summed E-state index contributed by atoms with van der Waals surface area (Å²) >= 11 is 0. The van der Waals surface area contributed by atoms with Crippen LogP contribution in [0.15, 0.2) is 29.2 Å². The minimum Gasteiger partial charge on any atom is -0.395 e. The molecule has 1 aromatic rings. The monoisotopic (exact) mass is 287 g/mol. The number of hydrogen-bond acceptors (Lipinski definition) is 5. The summed E-state index contributed by atoms with van der Waals surface area (Å²) in [7, 11) is -1.58. The lowest BCUT2D eigenvalue weighted by atomic mass is 10.1. The summed E-state index contributed by atoms with van der Waals surface area (Å²) in [6, 6.07) is 6.58. The maximum atomic E-state index is 11.4. The second-order valence-electron chi connectivity index (χ2n) is 4.56. The second-order valence-corrected chi connectivity index (χ2v) is 6.58. The summed E-state index contributed by atoms with van der Waals surface area (Å²) in [5.41, 5.74) is 0.960. The average Bonchev–Trinajstić information content (AvgIpc) is 2.37. The minimum atomic E-state index is -3.16. The number of aliphatic hydroxyl groups is 1. The molecular weight excluding hydrogens is 266 g/mol. The number of nitrogens with one attached hydrogen (secondary N) is 1. The molecule has 0 fully saturated rings. The van der Waals surface area contributed by atoms with Crippen molar-refractivity contribution in [2.45, 2.75) is 23.9 Å². The molecule has 0 radical (unpaired) electrons. The van der Waals surface area contributed by atoms with Gasteiger partial charge in [-0.25, -0.2) is 8.42 Å². The molecule has 1 aromatic carbocycles. The highest BCUT2D eigenvalue weighted by Gasteiger charge is 2.13. The molecule has 0 saturated carbocycles. The largest absolute Gasteiger partial charge is 0.395 e. The van der Waals surface area contributed by atoms with Crippen molar-refractivity contribution in [1.82, 2.24) is 5.32 Å². The topological polar surface area (TPSA) is 75.6 Å².